The first-order chi connectivity index (χ1) is 8.15. The maximum Gasteiger partial charge on any atom is 0.00700 e. The summed E-state index contributed by atoms with van der Waals surface area (Å²) in [6.45, 7) is 7.05. The minimum Gasteiger partial charge on any atom is -0.311 e. The fourth-order valence-corrected chi connectivity index (χ4v) is 3.91. The molecule has 0 amide bonds. The van der Waals surface area contributed by atoms with Crippen molar-refractivity contribution in [3.63, 3.8) is 0 Å². The first kappa shape index (κ1) is 13.4. The monoisotopic (exact) mass is 237 g/mol. The molecule has 0 aromatic heterocycles. The second-order valence-corrected chi connectivity index (χ2v) is 6.82. The molecule has 0 bridgehead atoms. The Labute approximate surface area is 108 Å². The van der Waals surface area contributed by atoms with Crippen LogP contribution in [0.2, 0.25) is 0 Å². The molecular weight excluding hydrogens is 206 g/mol. The summed E-state index contributed by atoms with van der Waals surface area (Å²) in [4.78, 5) is 0. The van der Waals surface area contributed by atoms with Crippen LogP contribution in [-0.2, 0) is 0 Å². The molecule has 0 saturated heterocycles. The molecule has 0 heterocycles. The summed E-state index contributed by atoms with van der Waals surface area (Å²) in [6.07, 6.45) is 13.2. The molecule has 2 unspecified atom stereocenters. The van der Waals surface area contributed by atoms with Gasteiger partial charge in [0.15, 0.2) is 0 Å². The number of nitrogens with one attached hydrogen (secondary N) is 1. The second kappa shape index (κ2) is 5.73. The molecule has 1 N–H and O–H groups in total. The van der Waals surface area contributed by atoms with Gasteiger partial charge in [-0.1, -0.05) is 33.1 Å². The molecule has 17 heavy (non-hydrogen) atoms. The zero-order chi connectivity index (χ0) is 12.3. The number of rotatable bonds is 4. The minimum atomic E-state index is 0.697. The van der Waals surface area contributed by atoms with Crippen LogP contribution in [0.5, 0.6) is 0 Å². The molecule has 0 aromatic carbocycles. The Morgan fingerprint density at radius 2 is 1.65 bits per heavy atom. The molecule has 2 rings (SSSR count). The predicted molar refractivity (Wildman–Crippen MR) is 75.2 cm³/mol. The van der Waals surface area contributed by atoms with Crippen molar-refractivity contribution in [3.05, 3.63) is 0 Å². The maximum absolute atomic E-state index is 3.88. The van der Waals surface area contributed by atoms with E-state index in [4.69, 9.17) is 0 Å². The topological polar surface area (TPSA) is 12.0 Å². The molecule has 100 valence electrons. The van der Waals surface area contributed by atoms with Crippen LogP contribution >= 0.6 is 0 Å². The van der Waals surface area contributed by atoms with E-state index in [0.717, 1.165) is 17.4 Å². The van der Waals surface area contributed by atoms with Gasteiger partial charge < -0.3 is 5.32 Å². The molecule has 2 aliphatic carbocycles. The molecule has 0 radical (unpaired) electrons. The van der Waals surface area contributed by atoms with E-state index in [-0.39, 0.29) is 0 Å². The lowest BCUT2D eigenvalue weighted by Crippen LogP contribution is -2.43. The fourth-order valence-electron chi connectivity index (χ4n) is 3.91. The summed E-state index contributed by atoms with van der Waals surface area (Å²) in [5, 5.41) is 3.88. The highest BCUT2D eigenvalue weighted by molar-refractivity contribution is 4.92. The fraction of sp³-hybridized carbons (Fsp3) is 1.00. The Morgan fingerprint density at radius 1 is 1.06 bits per heavy atom. The number of hydrogen-bond donors (Lipinski definition) is 1. The van der Waals surface area contributed by atoms with Gasteiger partial charge in [-0.25, -0.2) is 0 Å². The zero-order valence-corrected chi connectivity index (χ0v) is 12.1. The van der Waals surface area contributed by atoms with E-state index in [1.807, 2.05) is 0 Å². The summed E-state index contributed by atoms with van der Waals surface area (Å²) in [5.74, 6) is 0.817. The zero-order valence-electron chi connectivity index (χ0n) is 12.1. The highest BCUT2D eigenvalue weighted by atomic mass is 15.0. The third kappa shape index (κ3) is 3.24. The van der Waals surface area contributed by atoms with E-state index in [0.29, 0.717) is 6.04 Å². The third-order valence-corrected chi connectivity index (χ3v) is 5.71. The molecule has 2 saturated carbocycles. The van der Waals surface area contributed by atoms with Crippen molar-refractivity contribution in [2.24, 2.45) is 11.3 Å². The van der Waals surface area contributed by atoms with Crippen molar-refractivity contribution in [2.75, 3.05) is 0 Å². The van der Waals surface area contributed by atoms with Gasteiger partial charge in [0.05, 0.1) is 0 Å². The maximum atomic E-state index is 3.88. The summed E-state index contributed by atoms with van der Waals surface area (Å²) >= 11 is 0. The van der Waals surface area contributed by atoms with Crippen LogP contribution in [0.25, 0.3) is 0 Å². The van der Waals surface area contributed by atoms with E-state index in [1.54, 1.807) is 0 Å². The molecular formula is C16H31N. The first-order valence-corrected chi connectivity index (χ1v) is 7.91. The Hall–Kier alpha value is -0.0400. The van der Waals surface area contributed by atoms with Gasteiger partial charge in [0.25, 0.3) is 0 Å². The SMILES string of the molecule is CCC(C)C(C)NC1CCC2(CCCC2)CC1. The third-order valence-electron chi connectivity index (χ3n) is 5.71. The molecule has 2 aliphatic rings. The largest absolute Gasteiger partial charge is 0.311 e. The molecule has 1 heteroatoms. The van der Waals surface area contributed by atoms with Gasteiger partial charge >= 0.3 is 0 Å². The highest BCUT2D eigenvalue weighted by Gasteiger charge is 2.37. The van der Waals surface area contributed by atoms with Gasteiger partial charge in [-0.15, -0.1) is 0 Å². The smallest absolute Gasteiger partial charge is 0.00700 e. The molecule has 0 aliphatic heterocycles. The Bertz CT molecular complexity index is 220. The molecule has 0 aromatic rings. The van der Waals surface area contributed by atoms with Gasteiger partial charge in [0.2, 0.25) is 0 Å². The average Bonchev–Trinajstić information content (AvgIpc) is 2.80. The molecule has 2 fully saturated rings. The van der Waals surface area contributed by atoms with Gasteiger partial charge in [-0.2, -0.15) is 0 Å². The van der Waals surface area contributed by atoms with E-state index in [2.05, 4.69) is 26.1 Å². The summed E-state index contributed by atoms with van der Waals surface area (Å²) in [5.41, 5.74) is 0.789. The lowest BCUT2D eigenvalue weighted by Gasteiger charge is -2.39. The first-order valence-electron chi connectivity index (χ1n) is 7.91. The second-order valence-electron chi connectivity index (χ2n) is 6.82. The Morgan fingerprint density at radius 3 is 2.18 bits per heavy atom. The summed E-state index contributed by atoms with van der Waals surface area (Å²) in [6, 6.07) is 1.51. The van der Waals surface area contributed by atoms with Crippen molar-refractivity contribution in [1.29, 1.82) is 0 Å². The van der Waals surface area contributed by atoms with Crippen molar-refractivity contribution >= 4 is 0 Å². The van der Waals surface area contributed by atoms with Crippen LogP contribution < -0.4 is 5.32 Å². The van der Waals surface area contributed by atoms with Crippen LogP contribution in [-0.4, -0.2) is 12.1 Å². The van der Waals surface area contributed by atoms with Crippen LogP contribution in [0.1, 0.15) is 78.6 Å². The quantitative estimate of drug-likeness (QED) is 0.758. The Kier molecular flexibility index (Phi) is 4.52. The van der Waals surface area contributed by atoms with E-state index < -0.39 is 0 Å². The van der Waals surface area contributed by atoms with Gasteiger partial charge in [0.1, 0.15) is 0 Å². The normalized spacial score (nSPS) is 28.4. The predicted octanol–water partition coefficient (Wildman–Crippen LogP) is 4.51. The molecule has 1 spiro atoms. The lowest BCUT2D eigenvalue weighted by atomic mass is 9.71. The lowest BCUT2D eigenvalue weighted by molar-refractivity contribution is 0.158. The standard InChI is InChI=1S/C16H31N/c1-4-13(2)14(3)17-15-7-11-16(12-8-15)9-5-6-10-16/h13-15,17H,4-12H2,1-3H3. The van der Waals surface area contributed by atoms with Crippen molar-refractivity contribution in [1.82, 2.24) is 5.32 Å². The van der Waals surface area contributed by atoms with Crippen molar-refractivity contribution in [2.45, 2.75) is 90.6 Å². The van der Waals surface area contributed by atoms with Crippen LogP contribution in [0, 0.1) is 11.3 Å². The van der Waals surface area contributed by atoms with Gasteiger partial charge in [0, 0.05) is 12.1 Å². The van der Waals surface area contributed by atoms with Crippen molar-refractivity contribution in [3.8, 4) is 0 Å². The van der Waals surface area contributed by atoms with Crippen LogP contribution in [0.15, 0.2) is 0 Å². The van der Waals surface area contributed by atoms with E-state index in [9.17, 15) is 0 Å². The summed E-state index contributed by atoms with van der Waals surface area (Å²) in [7, 11) is 0. The molecule has 1 nitrogen and oxygen atoms in total. The van der Waals surface area contributed by atoms with Gasteiger partial charge in [-0.05, 0) is 56.8 Å². The van der Waals surface area contributed by atoms with Gasteiger partial charge in [-0.3, -0.25) is 0 Å². The number of hydrogen-bond acceptors (Lipinski definition) is 1. The van der Waals surface area contributed by atoms with Crippen molar-refractivity contribution < 1.29 is 0 Å². The van der Waals surface area contributed by atoms with Crippen LogP contribution in [0.3, 0.4) is 0 Å². The van der Waals surface area contributed by atoms with Crippen LogP contribution in [0.4, 0.5) is 0 Å². The summed E-state index contributed by atoms with van der Waals surface area (Å²) < 4.78 is 0. The van der Waals surface area contributed by atoms with E-state index >= 15 is 0 Å². The molecule has 2 atom stereocenters. The van der Waals surface area contributed by atoms with E-state index in [1.165, 1.54) is 57.8 Å². The minimum absolute atomic E-state index is 0.697. The Balaban J connectivity index is 1.75. The highest BCUT2D eigenvalue weighted by Crippen LogP contribution is 2.48. The average molecular weight is 237 g/mol.